The Kier molecular flexibility index (Phi) is 5.91. The van der Waals surface area contributed by atoms with Gasteiger partial charge >= 0.3 is 0 Å². The van der Waals surface area contributed by atoms with Crippen molar-refractivity contribution in [3.63, 3.8) is 0 Å². The van der Waals surface area contributed by atoms with Crippen molar-refractivity contribution < 1.29 is 19.1 Å². The number of nitrogens with one attached hydrogen (secondary N) is 1. The average molecular weight is 346 g/mol. The van der Waals surface area contributed by atoms with Gasteiger partial charge in [0.25, 0.3) is 0 Å². The van der Waals surface area contributed by atoms with Gasteiger partial charge in [0, 0.05) is 38.8 Å². The number of carbonyl (C=O) groups excluding carboxylic acids is 2. The maximum Gasteiger partial charge on any atom is 0.225 e. The average Bonchev–Trinajstić information content (AvgIpc) is 3.04. The third-order valence-corrected chi connectivity index (χ3v) is 5.01. The Morgan fingerprint density at radius 3 is 2.92 bits per heavy atom. The molecule has 1 unspecified atom stereocenters. The third-order valence-electron chi connectivity index (χ3n) is 5.01. The van der Waals surface area contributed by atoms with Gasteiger partial charge in [0.05, 0.1) is 13.0 Å². The lowest BCUT2D eigenvalue weighted by Gasteiger charge is -2.31. The standard InChI is InChI=1S/C19H26N2O4/c1-24-17-4-2-3-14(11-17)5-8-20-19(23)15-12-18(22)21(13-15)16-6-9-25-10-7-16/h2-4,11,15-16H,5-10,12-13H2,1H3,(H,20,23). The van der Waals surface area contributed by atoms with Crippen LogP contribution in [0.15, 0.2) is 24.3 Å². The van der Waals surface area contributed by atoms with E-state index in [4.69, 9.17) is 9.47 Å². The van der Waals surface area contributed by atoms with E-state index in [1.165, 1.54) is 0 Å². The normalized spacial score (nSPS) is 21.4. The zero-order valence-electron chi connectivity index (χ0n) is 14.7. The van der Waals surface area contributed by atoms with Gasteiger partial charge in [-0.05, 0) is 37.0 Å². The Morgan fingerprint density at radius 2 is 2.16 bits per heavy atom. The van der Waals surface area contributed by atoms with Gasteiger partial charge in [-0.25, -0.2) is 0 Å². The second-order valence-corrected chi connectivity index (χ2v) is 6.68. The van der Waals surface area contributed by atoms with E-state index in [0.29, 0.717) is 32.7 Å². The topological polar surface area (TPSA) is 67.9 Å². The van der Waals surface area contributed by atoms with Crippen molar-refractivity contribution in [3.05, 3.63) is 29.8 Å². The molecule has 0 saturated carbocycles. The summed E-state index contributed by atoms with van der Waals surface area (Å²) in [7, 11) is 1.64. The molecule has 2 fully saturated rings. The Balaban J connectivity index is 1.46. The highest BCUT2D eigenvalue weighted by molar-refractivity contribution is 5.89. The number of methoxy groups -OCH3 is 1. The lowest BCUT2D eigenvalue weighted by molar-refractivity contribution is -0.131. The van der Waals surface area contributed by atoms with Crippen molar-refractivity contribution in [2.45, 2.75) is 31.7 Å². The number of benzene rings is 1. The van der Waals surface area contributed by atoms with E-state index in [0.717, 1.165) is 30.6 Å². The number of ether oxygens (including phenoxy) is 2. The number of rotatable bonds is 6. The summed E-state index contributed by atoms with van der Waals surface area (Å²) in [6, 6.07) is 8.06. The van der Waals surface area contributed by atoms with Crippen LogP contribution in [0.4, 0.5) is 0 Å². The summed E-state index contributed by atoms with van der Waals surface area (Å²) in [6.07, 6.45) is 2.81. The predicted molar refractivity (Wildman–Crippen MR) is 93.4 cm³/mol. The summed E-state index contributed by atoms with van der Waals surface area (Å²) in [4.78, 5) is 26.5. The Labute approximate surface area is 148 Å². The molecule has 2 aliphatic heterocycles. The molecule has 1 atom stereocenters. The summed E-state index contributed by atoms with van der Waals surface area (Å²) >= 11 is 0. The minimum Gasteiger partial charge on any atom is -0.497 e. The number of carbonyl (C=O) groups is 2. The van der Waals surface area contributed by atoms with E-state index in [9.17, 15) is 9.59 Å². The Hall–Kier alpha value is -2.08. The van der Waals surface area contributed by atoms with E-state index >= 15 is 0 Å². The highest BCUT2D eigenvalue weighted by Gasteiger charge is 2.38. The van der Waals surface area contributed by atoms with Crippen LogP contribution in [-0.4, -0.2) is 56.2 Å². The SMILES string of the molecule is COc1cccc(CCNC(=O)C2CC(=O)N(C3CCOCC3)C2)c1. The van der Waals surface area contributed by atoms with Crippen molar-refractivity contribution in [2.75, 3.05) is 33.4 Å². The molecule has 6 heteroatoms. The van der Waals surface area contributed by atoms with Gasteiger partial charge in [0.15, 0.2) is 0 Å². The molecule has 2 amide bonds. The maximum atomic E-state index is 12.4. The van der Waals surface area contributed by atoms with E-state index in [2.05, 4.69) is 5.32 Å². The molecule has 2 aliphatic rings. The number of hydrogen-bond donors (Lipinski definition) is 1. The van der Waals surface area contributed by atoms with Crippen LogP contribution in [0.25, 0.3) is 0 Å². The van der Waals surface area contributed by atoms with Crippen LogP contribution in [0.2, 0.25) is 0 Å². The monoisotopic (exact) mass is 346 g/mol. The summed E-state index contributed by atoms with van der Waals surface area (Å²) in [5.74, 6) is 0.656. The zero-order valence-corrected chi connectivity index (χ0v) is 14.7. The highest BCUT2D eigenvalue weighted by Crippen LogP contribution is 2.25. The highest BCUT2D eigenvalue weighted by atomic mass is 16.5. The molecule has 0 spiro atoms. The van der Waals surface area contributed by atoms with Crippen LogP contribution in [0.5, 0.6) is 5.75 Å². The van der Waals surface area contributed by atoms with Gasteiger partial charge in [-0.1, -0.05) is 12.1 Å². The zero-order chi connectivity index (χ0) is 17.6. The molecule has 0 bridgehead atoms. The van der Waals surface area contributed by atoms with Crippen LogP contribution in [0.1, 0.15) is 24.8 Å². The fraction of sp³-hybridized carbons (Fsp3) is 0.579. The van der Waals surface area contributed by atoms with Gasteiger partial charge in [-0.2, -0.15) is 0 Å². The van der Waals surface area contributed by atoms with Crippen LogP contribution in [-0.2, 0) is 20.7 Å². The molecule has 2 heterocycles. The molecule has 0 aliphatic carbocycles. The summed E-state index contributed by atoms with van der Waals surface area (Å²) in [6.45, 7) is 2.50. The quantitative estimate of drug-likeness (QED) is 0.845. The van der Waals surface area contributed by atoms with Gasteiger partial charge in [0.2, 0.25) is 11.8 Å². The molecule has 1 N–H and O–H groups in total. The van der Waals surface area contributed by atoms with Crippen molar-refractivity contribution >= 4 is 11.8 Å². The Morgan fingerprint density at radius 1 is 1.36 bits per heavy atom. The van der Waals surface area contributed by atoms with Gasteiger partial charge in [-0.3, -0.25) is 9.59 Å². The summed E-state index contributed by atoms with van der Waals surface area (Å²) < 4.78 is 10.6. The molecular weight excluding hydrogens is 320 g/mol. The molecule has 0 aromatic heterocycles. The third kappa shape index (κ3) is 4.51. The fourth-order valence-electron chi connectivity index (χ4n) is 3.56. The molecule has 25 heavy (non-hydrogen) atoms. The lowest BCUT2D eigenvalue weighted by Crippen LogP contribution is -2.41. The minimum absolute atomic E-state index is 0.0224. The van der Waals surface area contributed by atoms with Crippen molar-refractivity contribution in [1.29, 1.82) is 0 Å². The minimum atomic E-state index is -0.236. The molecule has 0 radical (unpaired) electrons. The molecule has 1 aromatic carbocycles. The first-order valence-electron chi connectivity index (χ1n) is 8.95. The van der Waals surface area contributed by atoms with Gasteiger partial charge < -0.3 is 19.7 Å². The van der Waals surface area contributed by atoms with Gasteiger partial charge in [0.1, 0.15) is 5.75 Å². The second kappa shape index (κ2) is 8.34. The van der Waals surface area contributed by atoms with E-state index in [-0.39, 0.29) is 23.8 Å². The number of nitrogens with zero attached hydrogens (tertiary/aromatic N) is 1. The first kappa shape index (κ1) is 17.7. The van der Waals surface area contributed by atoms with Crippen LogP contribution in [0.3, 0.4) is 0 Å². The summed E-state index contributed by atoms with van der Waals surface area (Å²) in [5.41, 5.74) is 1.12. The van der Waals surface area contributed by atoms with E-state index in [1.807, 2.05) is 29.2 Å². The number of likely N-dealkylation sites (tertiary alicyclic amines) is 1. The molecule has 3 rings (SSSR count). The smallest absolute Gasteiger partial charge is 0.225 e. The second-order valence-electron chi connectivity index (χ2n) is 6.68. The lowest BCUT2D eigenvalue weighted by atomic mass is 10.1. The molecule has 2 saturated heterocycles. The molecule has 136 valence electrons. The van der Waals surface area contributed by atoms with Crippen molar-refractivity contribution in [1.82, 2.24) is 10.2 Å². The summed E-state index contributed by atoms with van der Waals surface area (Å²) in [5, 5.41) is 2.97. The van der Waals surface area contributed by atoms with E-state index < -0.39 is 0 Å². The Bertz CT molecular complexity index is 613. The maximum absolute atomic E-state index is 12.4. The molecular formula is C19H26N2O4. The predicted octanol–water partition coefficient (Wildman–Crippen LogP) is 1.38. The van der Waals surface area contributed by atoms with Crippen molar-refractivity contribution in [3.8, 4) is 5.75 Å². The first-order valence-corrected chi connectivity index (χ1v) is 8.95. The van der Waals surface area contributed by atoms with Crippen molar-refractivity contribution in [2.24, 2.45) is 5.92 Å². The van der Waals surface area contributed by atoms with Crippen LogP contribution in [0, 0.1) is 5.92 Å². The van der Waals surface area contributed by atoms with Gasteiger partial charge in [-0.15, -0.1) is 0 Å². The molecule has 1 aromatic rings. The largest absolute Gasteiger partial charge is 0.497 e. The number of amides is 2. The first-order chi connectivity index (χ1) is 12.2. The fourth-order valence-corrected chi connectivity index (χ4v) is 3.56. The van der Waals surface area contributed by atoms with Crippen LogP contribution < -0.4 is 10.1 Å². The number of hydrogen-bond acceptors (Lipinski definition) is 4. The van der Waals surface area contributed by atoms with E-state index in [1.54, 1.807) is 7.11 Å². The molecule has 6 nitrogen and oxygen atoms in total. The van der Waals surface area contributed by atoms with Crippen LogP contribution >= 0.6 is 0 Å².